The van der Waals surface area contributed by atoms with Crippen molar-refractivity contribution in [1.82, 2.24) is 0 Å². The minimum atomic E-state index is 0.249. The minimum Gasteiger partial charge on any atom is -0.295 e. The van der Waals surface area contributed by atoms with Gasteiger partial charge in [-0.25, -0.2) is 0 Å². The first-order chi connectivity index (χ1) is 15.7. The zero-order valence-corrected chi connectivity index (χ0v) is 22.5. The molecule has 32 heavy (non-hydrogen) atoms. The molecule has 1 heteroatoms. The molecule has 0 aromatic carbocycles. The highest BCUT2D eigenvalue weighted by atomic mass is 16.1. The van der Waals surface area contributed by atoms with Gasteiger partial charge in [0.15, 0.2) is 5.78 Å². The molecule has 0 amide bonds. The van der Waals surface area contributed by atoms with Crippen LogP contribution in [-0.4, -0.2) is 5.78 Å². The van der Waals surface area contributed by atoms with E-state index in [1.54, 1.807) is 0 Å². The Hall–Kier alpha value is -0.590. The number of Topliss-reactive ketones (excluding diaryl/α,β-unsaturated/α-hetero) is 1. The molecule has 0 fully saturated rings. The van der Waals surface area contributed by atoms with Crippen LogP contribution in [-0.2, 0) is 4.79 Å². The maximum Gasteiger partial charge on any atom is 0.157 e. The van der Waals surface area contributed by atoms with Gasteiger partial charge in [0, 0.05) is 6.42 Å². The van der Waals surface area contributed by atoms with Crippen LogP contribution in [0.2, 0.25) is 0 Å². The van der Waals surface area contributed by atoms with Crippen LogP contribution in [0, 0.1) is 0 Å². The normalized spacial score (nSPS) is 11.2. The van der Waals surface area contributed by atoms with Crippen molar-refractivity contribution in [2.75, 3.05) is 0 Å². The Bertz CT molecular complexity index is 397. The van der Waals surface area contributed by atoms with Gasteiger partial charge >= 0.3 is 0 Å². The number of ketones is 1. The Balaban J connectivity index is 3.05. The Morgan fingerprint density at radius 1 is 0.438 bits per heavy atom. The number of hydrogen-bond donors (Lipinski definition) is 0. The zero-order valence-electron chi connectivity index (χ0n) is 22.5. The molecule has 0 bridgehead atoms. The van der Waals surface area contributed by atoms with Gasteiger partial charge in [-0.15, -0.1) is 0 Å². The van der Waals surface area contributed by atoms with Crippen molar-refractivity contribution in [1.29, 1.82) is 0 Å². The smallest absolute Gasteiger partial charge is 0.157 e. The highest BCUT2D eigenvalue weighted by Gasteiger charge is 2.01. The van der Waals surface area contributed by atoms with Crippen LogP contribution in [0.25, 0.3) is 0 Å². The van der Waals surface area contributed by atoms with Crippen LogP contribution < -0.4 is 0 Å². The average molecular weight is 449 g/mol. The molecule has 0 N–H and O–H groups in total. The SMILES string of the molecule is C=C(C)C(=O)CCCCCCCCCCCCCCCCCCCCCCCCCCC. The predicted molar refractivity (Wildman–Crippen MR) is 146 cm³/mol. The summed E-state index contributed by atoms with van der Waals surface area (Å²) < 4.78 is 0. The summed E-state index contributed by atoms with van der Waals surface area (Å²) >= 11 is 0. The number of carbonyl (C=O) groups is 1. The number of hydrogen-bond acceptors (Lipinski definition) is 1. The van der Waals surface area contributed by atoms with E-state index in [4.69, 9.17) is 0 Å². The zero-order chi connectivity index (χ0) is 23.5. The van der Waals surface area contributed by atoms with Crippen LogP contribution in [0.4, 0.5) is 0 Å². The van der Waals surface area contributed by atoms with Gasteiger partial charge < -0.3 is 0 Å². The predicted octanol–water partition coefficient (Wildman–Crippen LogP) is 11.3. The first-order valence-corrected chi connectivity index (χ1v) is 14.9. The van der Waals surface area contributed by atoms with Crippen LogP contribution in [0.5, 0.6) is 0 Å². The molecule has 0 aliphatic carbocycles. The van der Waals surface area contributed by atoms with Gasteiger partial charge in [-0.2, -0.15) is 0 Å². The number of carbonyl (C=O) groups excluding carboxylic acids is 1. The van der Waals surface area contributed by atoms with Crippen LogP contribution in [0.1, 0.15) is 181 Å². The lowest BCUT2D eigenvalue weighted by Crippen LogP contribution is -1.97. The van der Waals surface area contributed by atoms with E-state index >= 15 is 0 Å². The summed E-state index contributed by atoms with van der Waals surface area (Å²) in [4.78, 5) is 11.5. The summed E-state index contributed by atoms with van der Waals surface area (Å²) in [7, 11) is 0. The van der Waals surface area contributed by atoms with Crippen molar-refractivity contribution in [3.05, 3.63) is 12.2 Å². The van der Waals surface area contributed by atoms with E-state index in [0.717, 1.165) is 6.42 Å². The van der Waals surface area contributed by atoms with Gasteiger partial charge in [-0.1, -0.05) is 168 Å². The van der Waals surface area contributed by atoms with Crippen LogP contribution >= 0.6 is 0 Å². The fourth-order valence-corrected chi connectivity index (χ4v) is 4.64. The molecule has 0 unspecified atom stereocenters. The Kier molecular flexibility index (Phi) is 26.2. The molecular weight excluding hydrogens is 388 g/mol. The summed E-state index contributed by atoms with van der Waals surface area (Å²) in [6.45, 7) is 7.84. The Labute approximate surface area is 203 Å². The molecule has 0 heterocycles. The molecule has 0 rings (SSSR count). The quantitative estimate of drug-likeness (QED) is 0.0901. The maximum absolute atomic E-state index is 11.5. The molecule has 0 aliphatic heterocycles. The molecule has 0 saturated carbocycles. The summed E-state index contributed by atoms with van der Waals surface area (Å²) in [5.74, 6) is 0.249. The van der Waals surface area contributed by atoms with Crippen LogP contribution in [0.15, 0.2) is 12.2 Å². The molecule has 0 aliphatic rings. The fourth-order valence-electron chi connectivity index (χ4n) is 4.64. The third-order valence-electron chi connectivity index (χ3n) is 6.98. The second-order valence-corrected chi connectivity index (χ2v) is 10.4. The molecular formula is C31H60O. The van der Waals surface area contributed by atoms with Gasteiger partial charge in [0.2, 0.25) is 0 Å². The third-order valence-corrected chi connectivity index (χ3v) is 6.98. The minimum absolute atomic E-state index is 0.249. The topological polar surface area (TPSA) is 17.1 Å². The molecule has 0 aromatic heterocycles. The van der Waals surface area contributed by atoms with E-state index in [1.807, 2.05) is 6.92 Å². The summed E-state index contributed by atoms with van der Waals surface area (Å²) in [5, 5.41) is 0. The van der Waals surface area contributed by atoms with E-state index in [2.05, 4.69) is 13.5 Å². The van der Waals surface area contributed by atoms with Crippen molar-refractivity contribution in [3.63, 3.8) is 0 Å². The van der Waals surface area contributed by atoms with E-state index in [-0.39, 0.29) is 5.78 Å². The van der Waals surface area contributed by atoms with Crippen LogP contribution in [0.3, 0.4) is 0 Å². The molecule has 190 valence electrons. The molecule has 1 nitrogen and oxygen atoms in total. The second-order valence-electron chi connectivity index (χ2n) is 10.4. The lowest BCUT2D eigenvalue weighted by molar-refractivity contribution is -0.115. The number of allylic oxidation sites excluding steroid dienone is 1. The average Bonchev–Trinajstić information content (AvgIpc) is 2.78. The summed E-state index contributed by atoms with van der Waals surface area (Å²) in [6.07, 6.45) is 36.1. The van der Waals surface area contributed by atoms with Crippen molar-refractivity contribution >= 4 is 5.78 Å². The Morgan fingerprint density at radius 3 is 0.875 bits per heavy atom. The van der Waals surface area contributed by atoms with Crippen molar-refractivity contribution in [3.8, 4) is 0 Å². The standard InChI is InChI=1S/C31H60O/c1-4-5-6-7-8-9-10-11-12-13-14-15-16-17-18-19-20-21-22-23-24-25-26-27-28-29-31(32)30(2)3/h2,4-29H2,1,3H3. The van der Waals surface area contributed by atoms with Crippen molar-refractivity contribution in [2.45, 2.75) is 181 Å². The number of rotatable bonds is 27. The van der Waals surface area contributed by atoms with E-state index in [0.29, 0.717) is 12.0 Å². The summed E-state index contributed by atoms with van der Waals surface area (Å²) in [5.41, 5.74) is 0.717. The molecule has 0 atom stereocenters. The maximum atomic E-state index is 11.5. The highest BCUT2D eigenvalue weighted by Crippen LogP contribution is 2.16. The van der Waals surface area contributed by atoms with E-state index in [1.165, 1.54) is 154 Å². The third kappa shape index (κ3) is 25.7. The van der Waals surface area contributed by atoms with Gasteiger partial charge in [-0.3, -0.25) is 4.79 Å². The summed E-state index contributed by atoms with van der Waals surface area (Å²) in [6, 6.07) is 0. The molecule has 0 aromatic rings. The molecule has 0 radical (unpaired) electrons. The lowest BCUT2D eigenvalue weighted by atomic mass is 10.0. The van der Waals surface area contributed by atoms with Crippen molar-refractivity contribution in [2.24, 2.45) is 0 Å². The van der Waals surface area contributed by atoms with E-state index in [9.17, 15) is 4.79 Å². The lowest BCUT2D eigenvalue weighted by Gasteiger charge is -2.04. The second kappa shape index (κ2) is 26.7. The fraction of sp³-hybridized carbons (Fsp3) is 0.903. The number of unbranched alkanes of at least 4 members (excludes halogenated alkanes) is 24. The molecule has 0 spiro atoms. The molecule has 0 saturated heterocycles. The largest absolute Gasteiger partial charge is 0.295 e. The first kappa shape index (κ1) is 31.4. The Morgan fingerprint density at radius 2 is 0.656 bits per heavy atom. The first-order valence-electron chi connectivity index (χ1n) is 14.9. The van der Waals surface area contributed by atoms with Gasteiger partial charge in [-0.05, 0) is 18.9 Å². The monoisotopic (exact) mass is 448 g/mol. The van der Waals surface area contributed by atoms with E-state index < -0.39 is 0 Å². The van der Waals surface area contributed by atoms with Gasteiger partial charge in [0.05, 0.1) is 0 Å². The van der Waals surface area contributed by atoms with Gasteiger partial charge in [0.1, 0.15) is 0 Å². The highest BCUT2D eigenvalue weighted by molar-refractivity contribution is 5.93. The van der Waals surface area contributed by atoms with Gasteiger partial charge in [0.25, 0.3) is 0 Å². The van der Waals surface area contributed by atoms with Crippen molar-refractivity contribution < 1.29 is 4.79 Å².